The van der Waals surface area contributed by atoms with Crippen molar-refractivity contribution in [3.8, 4) is 0 Å². The van der Waals surface area contributed by atoms with E-state index in [1.54, 1.807) is 0 Å². The van der Waals surface area contributed by atoms with E-state index in [0.29, 0.717) is 27.7 Å². The lowest BCUT2D eigenvalue weighted by Crippen LogP contribution is -2.11. The Morgan fingerprint density at radius 3 is 2.57 bits per heavy atom. The molecule has 0 atom stereocenters. The summed E-state index contributed by atoms with van der Waals surface area (Å²) in [6.07, 6.45) is 0.959. The van der Waals surface area contributed by atoms with Gasteiger partial charge in [-0.05, 0) is 48.7 Å². The number of rotatable bonds is 6. The van der Waals surface area contributed by atoms with Crippen LogP contribution in [-0.2, 0) is 12.2 Å². The van der Waals surface area contributed by atoms with Gasteiger partial charge in [0.1, 0.15) is 5.03 Å². The Kier molecular flexibility index (Phi) is 6.01. The smallest absolute Gasteiger partial charge is 0.253 e. The SMILES string of the molecule is CCc1ccc2nc(Nc3nc(SCc4ccc(Cl)cc4)cc(=O)[nH]3)nc(C)c2c1. The average Bonchev–Trinajstić information content (AvgIpc) is 2.73. The van der Waals surface area contributed by atoms with Gasteiger partial charge in [-0.2, -0.15) is 0 Å². The van der Waals surface area contributed by atoms with Crippen molar-refractivity contribution in [2.45, 2.75) is 31.0 Å². The zero-order valence-electron chi connectivity index (χ0n) is 16.6. The second kappa shape index (κ2) is 8.85. The summed E-state index contributed by atoms with van der Waals surface area (Å²) >= 11 is 7.40. The van der Waals surface area contributed by atoms with Gasteiger partial charge in [0.2, 0.25) is 11.9 Å². The van der Waals surface area contributed by atoms with Crippen LogP contribution in [0.25, 0.3) is 10.9 Å². The number of halogens is 1. The summed E-state index contributed by atoms with van der Waals surface area (Å²) in [5.41, 5.74) is 3.81. The number of thioether (sulfide) groups is 1. The Morgan fingerprint density at radius 2 is 1.80 bits per heavy atom. The highest BCUT2D eigenvalue weighted by atomic mass is 35.5. The van der Waals surface area contributed by atoms with E-state index >= 15 is 0 Å². The van der Waals surface area contributed by atoms with E-state index in [2.05, 4.69) is 44.3 Å². The van der Waals surface area contributed by atoms with Gasteiger partial charge in [-0.15, -0.1) is 11.8 Å². The van der Waals surface area contributed by atoms with Crippen LogP contribution in [0.15, 0.2) is 58.4 Å². The van der Waals surface area contributed by atoms with Crippen LogP contribution < -0.4 is 10.9 Å². The number of hydrogen-bond donors (Lipinski definition) is 2. The number of aryl methyl sites for hydroxylation is 2. The van der Waals surface area contributed by atoms with Crippen LogP contribution in [0.4, 0.5) is 11.9 Å². The topological polar surface area (TPSA) is 83.6 Å². The highest BCUT2D eigenvalue weighted by Gasteiger charge is 2.09. The molecule has 0 amide bonds. The minimum Gasteiger partial charge on any atom is -0.294 e. The molecule has 2 aromatic carbocycles. The molecule has 0 radical (unpaired) electrons. The molecule has 0 unspecified atom stereocenters. The van der Waals surface area contributed by atoms with E-state index in [-0.39, 0.29) is 5.56 Å². The highest BCUT2D eigenvalue weighted by Crippen LogP contribution is 2.23. The molecule has 0 aliphatic heterocycles. The summed E-state index contributed by atoms with van der Waals surface area (Å²) in [5, 5.41) is 5.36. The summed E-state index contributed by atoms with van der Waals surface area (Å²) in [7, 11) is 0. The second-order valence-electron chi connectivity index (χ2n) is 6.81. The monoisotopic (exact) mass is 437 g/mol. The summed E-state index contributed by atoms with van der Waals surface area (Å²) in [5.74, 6) is 1.38. The molecule has 0 aliphatic carbocycles. The van der Waals surface area contributed by atoms with Crippen molar-refractivity contribution in [2.75, 3.05) is 5.32 Å². The molecule has 2 N–H and O–H groups in total. The van der Waals surface area contributed by atoms with Crippen molar-refractivity contribution in [3.05, 3.63) is 80.7 Å². The fraction of sp³-hybridized carbons (Fsp3) is 0.182. The van der Waals surface area contributed by atoms with Crippen LogP contribution in [0, 0.1) is 6.92 Å². The van der Waals surface area contributed by atoms with Gasteiger partial charge < -0.3 is 0 Å². The maximum absolute atomic E-state index is 12.1. The first-order valence-corrected chi connectivity index (χ1v) is 10.9. The Balaban J connectivity index is 1.55. The molecule has 0 bridgehead atoms. The third kappa shape index (κ3) is 4.80. The fourth-order valence-corrected chi connectivity index (χ4v) is 4.00. The number of hydrogen-bond acceptors (Lipinski definition) is 6. The van der Waals surface area contributed by atoms with Gasteiger partial charge in [0.15, 0.2) is 0 Å². The molecule has 2 aromatic heterocycles. The number of H-pyrrole nitrogens is 1. The summed E-state index contributed by atoms with van der Waals surface area (Å²) in [4.78, 5) is 28.4. The number of anilines is 2. The first-order chi connectivity index (χ1) is 14.5. The molecule has 6 nitrogen and oxygen atoms in total. The predicted molar refractivity (Wildman–Crippen MR) is 123 cm³/mol. The molecule has 0 saturated heterocycles. The maximum atomic E-state index is 12.1. The van der Waals surface area contributed by atoms with Crippen LogP contribution in [0.2, 0.25) is 5.02 Å². The average molecular weight is 438 g/mol. The van der Waals surface area contributed by atoms with Gasteiger partial charge in [-0.1, -0.05) is 36.7 Å². The summed E-state index contributed by atoms with van der Waals surface area (Å²) in [6.45, 7) is 4.07. The van der Waals surface area contributed by atoms with Crippen molar-refractivity contribution in [1.82, 2.24) is 19.9 Å². The lowest BCUT2D eigenvalue weighted by atomic mass is 10.1. The number of nitrogens with zero attached hydrogens (tertiary/aromatic N) is 3. The fourth-order valence-electron chi connectivity index (χ4n) is 3.02. The third-order valence-electron chi connectivity index (χ3n) is 4.61. The van der Waals surface area contributed by atoms with E-state index in [1.165, 1.54) is 23.4 Å². The number of aromatic nitrogens is 4. The Labute approximate surface area is 183 Å². The van der Waals surface area contributed by atoms with E-state index in [4.69, 9.17) is 11.6 Å². The van der Waals surface area contributed by atoms with Crippen molar-refractivity contribution in [2.24, 2.45) is 0 Å². The molecule has 0 aliphatic rings. The maximum Gasteiger partial charge on any atom is 0.253 e. The Bertz CT molecular complexity index is 1260. The molecule has 30 heavy (non-hydrogen) atoms. The summed E-state index contributed by atoms with van der Waals surface area (Å²) in [6, 6.07) is 15.2. The quantitative estimate of drug-likeness (QED) is 0.315. The largest absolute Gasteiger partial charge is 0.294 e. The standard InChI is InChI=1S/C22H20ClN5OS/c1-3-14-6-9-18-17(10-14)13(2)24-21(25-18)28-22-26-19(29)11-20(27-22)30-12-15-4-7-16(23)8-5-15/h4-11H,3,12H2,1-2H3,(H2,24,25,26,27,28,29). The molecule has 8 heteroatoms. The van der Waals surface area contributed by atoms with Crippen molar-refractivity contribution >= 4 is 46.2 Å². The Hall–Kier alpha value is -2.90. The van der Waals surface area contributed by atoms with Crippen LogP contribution in [0.3, 0.4) is 0 Å². The molecule has 2 heterocycles. The first kappa shape index (κ1) is 20.4. The second-order valence-corrected chi connectivity index (χ2v) is 8.24. The van der Waals surface area contributed by atoms with E-state index in [9.17, 15) is 4.79 Å². The van der Waals surface area contributed by atoms with Crippen LogP contribution in [-0.4, -0.2) is 19.9 Å². The van der Waals surface area contributed by atoms with Crippen LogP contribution in [0.1, 0.15) is 23.7 Å². The zero-order valence-corrected chi connectivity index (χ0v) is 18.1. The van der Waals surface area contributed by atoms with E-state index in [0.717, 1.165) is 28.6 Å². The Morgan fingerprint density at radius 1 is 1.03 bits per heavy atom. The minimum atomic E-state index is -0.240. The zero-order chi connectivity index (χ0) is 21.1. The highest BCUT2D eigenvalue weighted by molar-refractivity contribution is 7.98. The minimum absolute atomic E-state index is 0.240. The van der Waals surface area contributed by atoms with Crippen molar-refractivity contribution < 1.29 is 0 Å². The van der Waals surface area contributed by atoms with E-state index < -0.39 is 0 Å². The van der Waals surface area contributed by atoms with Crippen LogP contribution >= 0.6 is 23.4 Å². The predicted octanol–water partition coefficient (Wildman–Crippen LogP) is 5.27. The molecule has 0 saturated carbocycles. The third-order valence-corrected chi connectivity index (χ3v) is 5.84. The lowest BCUT2D eigenvalue weighted by molar-refractivity contribution is 1.01. The van der Waals surface area contributed by atoms with Crippen molar-refractivity contribution in [3.63, 3.8) is 0 Å². The molecule has 4 rings (SSSR count). The first-order valence-electron chi connectivity index (χ1n) is 9.53. The van der Waals surface area contributed by atoms with Gasteiger partial charge in [0.25, 0.3) is 5.56 Å². The van der Waals surface area contributed by atoms with Gasteiger partial charge in [0, 0.05) is 22.2 Å². The van der Waals surface area contributed by atoms with Crippen LogP contribution in [0.5, 0.6) is 0 Å². The van der Waals surface area contributed by atoms with Gasteiger partial charge >= 0.3 is 0 Å². The lowest BCUT2D eigenvalue weighted by Gasteiger charge is -2.09. The molecule has 0 fully saturated rings. The van der Waals surface area contributed by atoms with Gasteiger partial charge in [-0.3, -0.25) is 15.1 Å². The summed E-state index contributed by atoms with van der Waals surface area (Å²) < 4.78 is 0. The molecule has 4 aromatic rings. The van der Waals surface area contributed by atoms with E-state index in [1.807, 2.05) is 37.3 Å². The number of aromatic amines is 1. The van der Waals surface area contributed by atoms with Crippen molar-refractivity contribution in [1.29, 1.82) is 0 Å². The molecule has 152 valence electrons. The van der Waals surface area contributed by atoms with Gasteiger partial charge in [-0.25, -0.2) is 15.0 Å². The molecular formula is C22H20ClN5OS. The molecular weight excluding hydrogens is 418 g/mol. The normalized spacial score (nSPS) is 11.0. The number of nitrogens with one attached hydrogen (secondary N) is 2. The number of benzene rings is 2. The number of fused-ring (bicyclic) bond motifs is 1. The van der Waals surface area contributed by atoms with Gasteiger partial charge in [0.05, 0.1) is 11.2 Å². The molecule has 0 spiro atoms.